The first-order valence-electron chi connectivity index (χ1n) is 9.55. The van der Waals surface area contributed by atoms with Crippen LogP contribution in [0.3, 0.4) is 0 Å². The summed E-state index contributed by atoms with van der Waals surface area (Å²) in [5, 5.41) is 9.78. The maximum atomic E-state index is 5.64. The van der Waals surface area contributed by atoms with Gasteiger partial charge in [0.25, 0.3) is 0 Å². The van der Waals surface area contributed by atoms with Gasteiger partial charge in [-0.05, 0) is 68.7 Å². The van der Waals surface area contributed by atoms with Gasteiger partial charge in [0.2, 0.25) is 0 Å². The zero-order chi connectivity index (χ0) is 19.4. The van der Waals surface area contributed by atoms with E-state index in [0.29, 0.717) is 11.2 Å². The number of hydrogen-bond donors (Lipinski definition) is 2. The van der Waals surface area contributed by atoms with Gasteiger partial charge in [-0.2, -0.15) is 0 Å². The normalized spacial score (nSPS) is 18.1. The molecular formula is C21H30N4S2. The molecule has 0 bridgehead atoms. The van der Waals surface area contributed by atoms with E-state index in [-0.39, 0.29) is 6.04 Å². The van der Waals surface area contributed by atoms with Gasteiger partial charge in [-0.3, -0.25) is 4.90 Å². The van der Waals surface area contributed by atoms with Crippen molar-refractivity contribution >= 4 is 34.4 Å². The van der Waals surface area contributed by atoms with Crippen LogP contribution in [0.2, 0.25) is 0 Å². The number of likely N-dealkylation sites (N-methyl/N-ethyl adjacent to an activating group) is 1. The molecule has 2 heterocycles. The first-order chi connectivity index (χ1) is 13.0. The Kier molecular flexibility index (Phi) is 6.87. The van der Waals surface area contributed by atoms with Crippen molar-refractivity contribution in [2.24, 2.45) is 0 Å². The van der Waals surface area contributed by atoms with Gasteiger partial charge in [0.05, 0.1) is 6.04 Å². The Bertz CT molecular complexity index is 752. The van der Waals surface area contributed by atoms with Crippen molar-refractivity contribution in [2.75, 3.05) is 38.5 Å². The van der Waals surface area contributed by atoms with Crippen LogP contribution >= 0.6 is 23.6 Å². The second-order valence-electron chi connectivity index (χ2n) is 7.43. The van der Waals surface area contributed by atoms with E-state index in [1.165, 1.54) is 16.0 Å². The number of benzene rings is 1. The number of aryl methyl sites for hydroxylation is 1. The molecule has 6 heteroatoms. The van der Waals surface area contributed by atoms with E-state index >= 15 is 0 Å². The summed E-state index contributed by atoms with van der Waals surface area (Å²) in [4.78, 5) is 6.38. The Labute approximate surface area is 172 Å². The first kappa shape index (κ1) is 20.3. The van der Waals surface area contributed by atoms with E-state index in [4.69, 9.17) is 12.2 Å². The number of hydrogen-bond acceptors (Lipinski definition) is 4. The molecule has 2 atom stereocenters. The maximum absolute atomic E-state index is 5.64. The van der Waals surface area contributed by atoms with Crippen LogP contribution in [-0.2, 0) is 0 Å². The summed E-state index contributed by atoms with van der Waals surface area (Å²) in [7, 11) is 2.20. The number of anilines is 1. The molecule has 27 heavy (non-hydrogen) atoms. The van der Waals surface area contributed by atoms with E-state index in [1.54, 1.807) is 0 Å². The van der Waals surface area contributed by atoms with Gasteiger partial charge in [0.15, 0.2) is 5.11 Å². The third kappa shape index (κ3) is 5.08. The largest absolute Gasteiger partial charge is 0.358 e. The fourth-order valence-electron chi connectivity index (χ4n) is 3.63. The average molecular weight is 403 g/mol. The minimum atomic E-state index is 0.220. The van der Waals surface area contributed by atoms with Crippen molar-refractivity contribution in [3.63, 3.8) is 0 Å². The quantitative estimate of drug-likeness (QED) is 0.738. The summed E-state index contributed by atoms with van der Waals surface area (Å²) < 4.78 is 0. The summed E-state index contributed by atoms with van der Waals surface area (Å²) in [6, 6.07) is 11.2. The second kappa shape index (κ2) is 9.15. The summed E-state index contributed by atoms with van der Waals surface area (Å²) in [5.41, 5.74) is 3.58. The number of rotatable bonds is 5. The third-order valence-electron chi connectivity index (χ3n) is 5.45. The van der Waals surface area contributed by atoms with Crippen LogP contribution in [0.4, 0.5) is 5.69 Å². The molecule has 2 N–H and O–H groups in total. The lowest BCUT2D eigenvalue weighted by Gasteiger charge is -2.40. The third-order valence-corrected chi connectivity index (χ3v) is 6.61. The minimum absolute atomic E-state index is 0.220. The predicted molar refractivity (Wildman–Crippen MR) is 121 cm³/mol. The lowest BCUT2D eigenvalue weighted by atomic mass is 10.1. The van der Waals surface area contributed by atoms with E-state index in [0.717, 1.165) is 31.9 Å². The summed E-state index contributed by atoms with van der Waals surface area (Å²) in [6.45, 7) is 10.9. The van der Waals surface area contributed by atoms with Crippen molar-refractivity contribution in [1.82, 2.24) is 15.1 Å². The Morgan fingerprint density at radius 3 is 2.52 bits per heavy atom. The van der Waals surface area contributed by atoms with Gasteiger partial charge in [-0.15, -0.1) is 11.3 Å². The molecule has 2 aromatic rings. The molecule has 1 aliphatic rings. The van der Waals surface area contributed by atoms with Crippen LogP contribution in [0.25, 0.3) is 0 Å². The van der Waals surface area contributed by atoms with Crippen molar-refractivity contribution < 1.29 is 0 Å². The lowest BCUT2D eigenvalue weighted by Crippen LogP contribution is -2.51. The molecule has 0 unspecified atom stereocenters. The highest BCUT2D eigenvalue weighted by atomic mass is 32.1. The van der Waals surface area contributed by atoms with Crippen LogP contribution in [-0.4, -0.2) is 54.2 Å². The summed E-state index contributed by atoms with van der Waals surface area (Å²) >= 11 is 7.47. The van der Waals surface area contributed by atoms with Gasteiger partial charge in [0.1, 0.15) is 0 Å². The van der Waals surface area contributed by atoms with Crippen molar-refractivity contribution in [2.45, 2.75) is 32.9 Å². The van der Waals surface area contributed by atoms with Crippen molar-refractivity contribution in [3.8, 4) is 0 Å². The highest BCUT2D eigenvalue weighted by Gasteiger charge is 2.29. The lowest BCUT2D eigenvalue weighted by molar-refractivity contribution is 0.0990. The zero-order valence-corrected chi connectivity index (χ0v) is 18.3. The minimum Gasteiger partial charge on any atom is -0.358 e. The van der Waals surface area contributed by atoms with E-state index in [9.17, 15) is 0 Å². The molecule has 4 nitrogen and oxygen atoms in total. The zero-order valence-electron chi connectivity index (χ0n) is 16.7. The highest BCUT2D eigenvalue weighted by Crippen LogP contribution is 2.29. The number of thiophene rings is 1. The molecule has 1 saturated heterocycles. The topological polar surface area (TPSA) is 30.5 Å². The summed E-state index contributed by atoms with van der Waals surface area (Å²) in [6.07, 6.45) is 0. The number of nitrogens with one attached hydrogen (secondary N) is 2. The number of piperazine rings is 1. The Morgan fingerprint density at radius 1 is 1.11 bits per heavy atom. The smallest absolute Gasteiger partial charge is 0.171 e. The second-order valence-corrected chi connectivity index (χ2v) is 8.82. The molecule has 0 amide bonds. The van der Waals surface area contributed by atoms with Crippen LogP contribution in [0, 0.1) is 13.8 Å². The Morgan fingerprint density at radius 2 is 1.85 bits per heavy atom. The molecule has 1 aromatic carbocycles. The molecular weight excluding hydrogens is 372 g/mol. The van der Waals surface area contributed by atoms with Crippen LogP contribution < -0.4 is 10.6 Å². The highest BCUT2D eigenvalue weighted by molar-refractivity contribution is 7.80. The predicted octanol–water partition coefficient (Wildman–Crippen LogP) is 4.03. The monoisotopic (exact) mass is 402 g/mol. The van der Waals surface area contributed by atoms with Crippen molar-refractivity contribution in [1.29, 1.82) is 0 Å². The Balaban J connectivity index is 1.69. The number of nitrogens with zero attached hydrogens (tertiary/aromatic N) is 2. The number of thiocarbonyl (C=S) groups is 1. The first-order valence-corrected chi connectivity index (χ1v) is 10.8. The van der Waals surface area contributed by atoms with Gasteiger partial charge in [-0.1, -0.05) is 18.2 Å². The molecule has 1 aromatic heterocycles. The molecule has 1 fully saturated rings. The van der Waals surface area contributed by atoms with Crippen LogP contribution in [0.15, 0.2) is 35.7 Å². The molecule has 0 radical (unpaired) electrons. The van der Waals surface area contributed by atoms with E-state index in [1.807, 2.05) is 11.3 Å². The van der Waals surface area contributed by atoms with Crippen LogP contribution in [0.5, 0.6) is 0 Å². The van der Waals surface area contributed by atoms with Crippen molar-refractivity contribution in [3.05, 3.63) is 51.7 Å². The molecule has 0 aliphatic carbocycles. The van der Waals surface area contributed by atoms with Gasteiger partial charge in [-0.25, -0.2) is 0 Å². The molecule has 1 aliphatic heterocycles. The fraction of sp³-hybridized carbons (Fsp3) is 0.476. The average Bonchev–Trinajstić information content (AvgIpc) is 3.15. The van der Waals surface area contributed by atoms with Gasteiger partial charge < -0.3 is 15.5 Å². The molecule has 0 saturated carbocycles. The summed E-state index contributed by atoms with van der Waals surface area (Å²) in [5.74, 6) is 0. The standard InChI is InChI=1S/C21H30N4S2/c1-15-7-5-8-18(16(15)2)23-21(26)22-17(3)20(19-9-6-14-27-19)25-12-10-24(4)11-13-25/h5-9,14,17,20H,10-13H2,1-4H3,(H2,22,23,26)/t17-,20-/m1/s1. The molecule has 0 spiro atoms. The molecule has 3 rings (SSSR count). The maximum Gasteiger partial charge on any atom is 0.171 e. The van der Waals surface area contributed by atoms with E-state index < -0.39 is 0 Å². The SMILES string of the molecule is Cc1cccc(NC(=S)N[C@H](C)[C@H](c2cccs2)N2CCN(C)CC2)c1C. The molecule has 146 valence electrons. The van der Waals surface area contributed by atoms with Gasteiger partial charge in [0, 0.05) is 42.8 Å². The van der Waals surface area contributed by atoms with Crippen LogP contribution in [0.1, 0.15) is 29.0 Å². The fourth-order valence-corrected chi connectivity index (χ4v) is 4.89. The van der Waals surface area contributed by atoms with Gasteiger partial charge >= 0.3 is 0 Å². The Hall–Kier alpha value is -1.47. The van der Waals surface area contributed by atoms with E-state index in [2.05, 4.69) is 84.0 Å².